The molecule has 1 aromatic carbocycles. The van der Waals surface area contributed by atoms with E-state index in [2.05, 4.69) is 34.7 Å². The number of hydrogen-bond acceptors (Lipinski definition) is 4. The monoisotopic (exact) mass is 372 g/mol. The summed E-state index contributed by atoms with van der Waals surface area (Å²) in [6.07, 6.45) is 1.94. The van der Waals surface area contributed by atoms with Gasteiger partial charge in [0, 0.05) is 11.4 Å². The van der Waals surface area contributed by atoms with Crippen LogP contribution in [-0.4, -0.2) is 36.5 Å². The summed E-state index contributed by atoms with van der Waals surface area (Å²) >= 11 is 1.76. The SMILES string of the molecule is CC1CCN(C(CNC(=O)C(C)Oc2ccccc2)c2cccs2)CC1. The lowest BCUT2D eigenvalue weighted by atomic mass is 9.97. The van der Waals surface area contributed by atoms with Gasteiger partial charge in [0.15, 0.2) is 6.10 Å². The Morgan fingerprint density at radius 3 is 2.62 bits per heavy atom. The molecule has 26 heavy (non-hydrogen) atoms. The Morgan fingerprint density at radius 1 is 1.23 bits per heavy atom. The van der Waals surface area contributed by atoms with Gasteiger partial charge in [-0.3, -0.25) is 9.69 Å². The predicted octanol–water partition coefficient (Wildman–Crippen LogP) is 4.10. The number of hydrogen-bond donors (Lipinski definition) is 1. The van der Waals surface area contributed by atoms with Crippen LogP contribution in [-0.2, 0) is 4.79 Å². The van der Waals surface area contributed by atoms with Crippen LogP contribution in [0.3, 0.4) is 0 Å². The third kappa shape index (κ3) is 5.08. The van der Waals surface area contributed by atoms with Crippen molar-refractivity contribution in [3.63, 3.8) is 0 Å². The Labute approximate surface area is 160 Å². The van der Waals surface area contributed by atoms with Gasteiger partial charge in [-0.2, -0.15) is 0 Å². The first-order valence-electron chi connectivity index (χ1n) is 9.40. The van der Waals surface area contributed by atoms with E-state index in [0.29, 0.717) is 6.54 Å². The fourth-order valence-corrected chi connectivity index (χ4v) is 4.19. The molecule has 1 saturated heterocycles. The van der Waals surface area contributed by atoms with Gasteiger partial charge in [-0.25, -0.2) is 0 Å². The molecule has 1 amide bonds. The minimum atomic E-state index is -0.511. The number of ether oxygens (including phenoxy) is 1. The molecule has 2 aromatic rings. The molecule has 1 aromatic heterocycles. The van der Waals surface area contributed by atoms with E-state index in [0.717, 1.165) is 24.8 Å². The maximum atomic E-state index is 12.5. The third-order valence-electron chi connectivity index (χ3n) is 5.03. The second-order valence-electron chi connectivity index (χ2n) is 7.07. The summed E-state index contributed by atoms with van der Waals surface area (Å²) < 4.78 is 5.74. The number of nitrogens with one attached hydrogen (secondary N) is 1. The second kappa shape index (κ2) is 9.19. The first kappa shape index (κ1) is 18.9. The van der Waals surface area contributed by atoms with Crippen molar-refractivity contribution in [1.29, 1.82) is 0 Å². The van der Waals surface area contributed by atoms with Gasteiger partial charge in [-0.1, -0.05) is 31.2 Å². The van der Waals surface area contributed by atoms with Crippen molar-refractivity contribution in [2.75, 3.05) is 19.6 Å². The molecule has 140 valence electrons. The van der Waals surface area contributed by atoms with E-state index in [1.165, 1.54) is 17.7 Å². The molecule has 1 N–H and O–H groups in total. The Kier molecular flexibility index (Phi) is 6.69. The van der Waals surface area contributed by atoms with E-state index in [9.17, 15) is 4.79 Å². The largest absolute Gasteiger partial charge is 0.481 e. The molecule has 5 heteroatoms. The molecule has 1 aliphatic rings. The van der Waals surface area contributed by atoms with Crippen molar-refractivity contribution in [2.24, 2.45) is 5.92 Å². The summed E-state index contributed by atoms with van der Waals surface area (Å²) in [6.45, 7) is 6.93. The first-order chi connectivity index (χ1) is 12.6. The molecule has 2 heterocycles. The van der Waals surface area contributed by atoms with Gasteiger partial charge in [0.05, 0.1) is 6.04 Å². The number of rotatable bonds is 7. The third-order valence-corrected chi connectivity index (χ3v) is 6.00. The number of likely N-dealkylation sites (tertiary alicyclic amines) is 1. The Balaban J connectivity index is 1.57. The molecular formula is C21H28N2O2S. The van der Waals surface area contributed by atoms with E-state index in [1.54, 1.807) is 18.3 Å². The van der Waals surface area contributed by atoms with E-state index in [1.807, 2.05) is 30.3 Å². The van der Waals surface area contributed by atoms with Crippen LogP contribution in [0, 0.1) is 5.92 Å². The van der Waals surface area contributed by atoms with E-state index in [-0.39, 0.29) is 11.9 Å². The van der Waals surface area contributed by atoms with Crippen LogP contribution in [0.1, 0.15) is 37.6 Å². The van der Waals surface area contributed by atoms with Crippen LogP contribution < -0.4 is 10.1 Å². The normalized spacial score (nSPS) is 18.2. The highest BCUT2D eigenvalue weighted by atomic mass is 32.1. The maximum absolute atomic E-state index is 12.5. The van der Waals surface area contributed by atoms with Crippen molar-refractivity contribution in [1.82, 2.24) is 10.2 Å². The second-order valence-corrected chi connectivity index (χ2v) is 8.05. The topological polar surface area (TPSA) is 41.6 Å². The summed E-state index contributed by atoms with van der Waals surface area (Å²) in [5.74, 6) is 1.44. The molecule has 0 radical (unpaired) electrons. The average Bonchev–Trinajstić information content (AvgIpc) is 3.18. The Morgan fingerprint density at radius 2 is 1.96 bits per heavy atom. The Bertz CT molecular complexity index is 667. The van der Waals surface area contributed by atoms with Gasteiger partial charge in [-0.15, -0.1) is 11.3 Å². The number of amides is 1. The summed E-state index contributed by atoms with van der Waals surface area (Å²) in [7, 11) is 0. The molecular weight excluding hydrogens is 344 g/mol. The molecule has 2 unspecified atom stereocenters. The number of carbonyl (C=O) groups excluding carboxylic acids is 1. The summed E-state index contributed by atoms with van der Waals surface area (Å²) in [5, 5.41) is 5.21. The highest BCUT2D eigenvalue weighted by molar-refractivity contribution is 7.10. The lowest BCUT2D eigenvalue weighted by Gasteiger charge is -2.36. The van der Waals surface area contributed by atoms with Crippen molar-refractivity contribution < 1.29 is 9.53 Å². The highest BCUT2D eigenvalue weighted by Gasteiger charge is 2.26. The van der Waals surface area contributed by atoms with Crippen molar-refractivity contribution in [2.45, 2.75) is 38.8 Å². The number of benzene rings is 1. The summed E-state index contributed by atoms with van der Waals surface area (Å²) in [4.78, 5) is 16.3. The van der Waals surface area contributed by atoms with Crippen LogP contribution in [0.2, 0.25) is 0 Å². The molecule has 0 saturated carbocycles. The number of piperidine rings is 1. The molecule has 1 aliphatic heterocycles. The fourth-order valence-electron chi connectivity index (χ4n) is 3.33. The van der Waals surface area contributed by atoms with Gasteiger partial charge in [0.25, 0.3) is 5.91 Å². The minimum Gasteiger partial charge on any atom is -0.481 e. The van der Waals surface area contributed by atoms with Gasteiger partial charge in [0.1, 0.15) is 5.75 Å². The summed E-state index contributed by atoms with van der Waals surface area (Å²) in [5.41, 5.74) is 0. The smallest absolute Gasteiger partial charge is 0.260 e. The standard InChI is InChI=1S/C21H28N2O2S/c1-16-10-12-23(13-11-16)19(20-9-6-14-26-20)15-22-21(24)17(2)25-18-7-4-3-5-8-18/h3-9,14,16-17,19H,10-13,15H2,1-2H3,(H,22,24). The molecule has 2 atom stereocenters. The lowest BCUT2D eigenvalue weighted by molar-refractivity contribution is -0.127. The molecule has 3 rings (SSSR count). The van der Waals surface area contributed by atoms with Gasteiger partial charge < -0.3 is 10.1 Å². The van der Waals surface area contributed by atoms with Gasteiger partial charge >= 0.3 is 0 Å². The Hall–Kier alpha value is -1.85. The van der Waals surface area contributed by atoms with E-state index >= 15 is 0 Å². The van der Waals surface area contributed by atoms with Crippen LogP contribution in [0.5, 0.6) is 5.75 Å². The predicted molar refractivity (Wildman–Crippen MR) is 107 cm³/mol. The van der Waals surface area contributed by atoms with E-state index in [4.69, 9.17) is 4.74 Å². The van der Waals surface area contributed by atoms with Gasteiger partial charge in [-0.05, 0) is 62.4 Å². The van der Waals surface area contributed by atoms with E-state index < -0.39 is 6.10 Å². The van der Waals surface area contributed by atoms with Crippen molar-refractivity contribution >= 4 is 17.2 Å². The quantitative estimate of drug-likeness (QED) is 0.795. The summed E-state index contributed by atoms with van der Waals surface area (Å²) in [6, 6.07) is 14.0. The number of nitrogens with zero attached hydrogens (tertiary/aromatic N) is 1. The average molecular weight is 373 g/mol. The molecule has 0 bridgehead atoms. The fraction of sp³-hybridized carbons (Fsp3) is 0.476. The lowest BCUT2D eigenvalue weighted by Crippen LogP contribution is -2.44. The zero-order valence-corrected chi connectivity index (χ0v) is 16.4. The van der Waals surface area contributed by atoms with Crippen LogP contribution >= 0.6 is 11.3 Å². The zero-order valence-electron chi connectivity index (χ0n) is 15.6. The van der Waals surface area contributed by atoms with Crippen LogP contribution in [0.15, 0.2) is 47.8 Å². The van der Waals surface area contributed by atoms with Crippen molar-refractivity contribution in [3.8, 4) is 5.75 Å². The highest BCUT2D eigenvalue weighted by Crippen LogP contribution is 2.29. The number of thiophene rings is 1. The van der Waals surface area contributed by atoms with Crippen LogP contribution in [0.25, 0.3) is 0 Å². The zero-order chi connectivity index (χ0) is 18.4. The first-order valence-corrected chi connectivity index (χ1v) is 10.3. The molecule has 1 fully saturated rings. The minimum absolute atomic E-state index is 0.0687. The number of carbonyl (C=O) groups is 1. The van der Waals surface area contributed by atoms with Crippen molar-refractivity contribution in [3.05, 3.63) is 52.7 Å². The number of para-hydroxylation sites is 1. The molecule has 0 aliphatic carbocycles. The molecule has 4 nitrogen and oxygen atoms in total. The van der Waals surface area contributed by atoms with Crippen LogP contribution in [0.4, 0.5) is 0 Å². The molecule has 0 spiro atoms. The van der Waals surface area contributed by atoms with Gasteiger partial charge in [0.2, 0.25) is 0 Å². The maximum Gasteiger partial charge on any atom is 0.260 e.